The maximum atomic E-state index is 9.26. The van der Waals surface area contributed by atoms with E-state index >= 15 is 0 Å². The summed E-state index contributed by atoms with van der Waals surface area (Å²) in [5.74, 6) is 0. The van der Waals surface area contributed by atoms with Gasteiger partial charge < -0.3 is 47.0 Å². The van der Waals surface area contributed by atoms with Gasteiger partial charge in [-0.15, -0.1) is 6.42 Å². The largest absolute Gasteiger partial charge is 2.00 e. The fraction of sp³-hybridized carbons (Fsp3) is 0.750. The van der Waals surface area contributed by atoms with Gasteiger partial charge in [-0.25, -0.2) is 12.2 Å². The Morgan fingerprint density at radius 3 is 1.24 bits per heavy atom. The number of allylic oxidation sites excluding steroid dienone is 4. The van der Waals surface area contributed by atoms with E-state index in [0.717, 1.165) is 19.3 Å². The first-order valence-electron chi connectivity index (χ1n) is 13.0. The van der Waals surface area contributed by atoms with Crippen LogP contribution in [0.2, 0.25) is 0 Å². The molecule has 1 aliphatic rings. The first-order valence-corrected chi connectivity index (χ1v) is 14.2. The van der Waals surface area contributed by atoms with E-state index in [-0.39, 0.29) is 44.3 Å². The van der Waals surface area contributed by atoms with Crippen molar-refractivity contribution in [1.29, 1.82) is 0 Å². The Bertz CT molecular complexity index is 428. The summed E-state index contributed by atoms with van der Waals surface area (Å²) in [6, 6.07) is 0. The second kappa shape index (κ2) is 46.4. The van der Waals surface area contributed by atoms with E-state index in [1.54, 1.807) is 0 Å². The van der Waals surface area contributed by atoms with Crippen LogP contribution in [0.1, 0.15) is 110 Å². The van der Waals surface area contributed by atoms with Gasteiger partial charge in [0.1, 0.15) is 13.6 Å². The van der Waals surface area contributed by atoms with Gasteiger partial charge in [0.2, 0.25) is 0 Å². The van der Waals surface area contributed by atoms with Crippen LogP contribution in [0.25, 0.3) is 0 Å². The van der Waals surface area contributed by atoms with Crippen LogP contribution in [0.3, 0.4) is 0 Å². The number of rotatable bonds is 18. The number of aliphatic hydroxyl groups is 3. The molecule has 38 heavy (non-hydrogen) atoms. The monoisotopic (exact) mass is 607 g/mol. The molecule has 0 aromatic rings. The minimum absolute atomic E-state index is 0. The van der Waals surface area contributed by atoms with Crippen molar-refractivity contribution in [1.82, 2.24) is 0 Å². The third-order valence-electron chi connectivity index (χ3n) is 5.65. The zero-order valence-electron chi connectivity index (χ0n) is 23.9. The summed E-state index contributed by atoms with van der Waals surface area (Å²) < 4.78 is 0. The number of hydrogen-bond donors (Lipinski definition) is 6. The van der Waals surface area contributed by atoms with Crippen molar-refractivity contribution in [3.8, 4) is 0 Å². The third-order valence-corrected chi connectivity index (χ3v) is 5.65. The summed E-state index contributed by atoms with van der Waals surface area (Å²) in [5, 5.41) is 27.8. The molecule has 0 heterocycles. The van der Waals surface area contributed by atoms with Crippen LogP contribution in [0.5, 0.6) is 0 Å². The van der Waals surface area contributed by atoms with Gasteiger partial charge in [0.25, 0.3) is 0 Å². The third kappa shape index (κ3) is 45.4. The smallest absolute Gasteiger partial charge is 0.396 e. The number of unbranched alkanes of at least 4 members (excludes halogenated alkanes) is 13. The van der Waals surface area contributed by atoms with Gasteiger partial charge >= 0.3 is 25.7 Å². The van der Waals surface area contributed by atoms with Crippen LogP contribution < -0.4 is 0 Å². The molecule has 0 aliphatic heterocycles. The van der Waals surface area contributed by atoms with Gasteiger partial charge in [0, 0.05) is 5.41 Å². The summed E-state index contributed by atoms with van der Waals surface area (Å²) in [4.78, 5) is 37.7. The predicted molar refractivity (Wildman–Crippen MR) is 154 cm³/mol. The zero-order chi connectivity index (χ0) is 28.3. The summed E-state index contributed by atoms with van der Waals surface area (Å²) in [5.41, 5.74) is -0.670. The topological polar surface area (TPSA) is 156 Å². The molecule has 0 amide bonds. The van der Waals surface area contributed by atoms with Crippen LogP contribution in [0, 0.1) is 18.9 Å². The van der Waals surface area contributed by atoms with Gasteiger partial charge in [0.15, 0.2) is 0 Å². The van der Waals surface area contributed by atoms with Gasteiger partial charge in [0.05, 0.1) is 19.8 Å². The van der Waals surface area contributed by atoms with Crippen molar-refractivity contribution in [3.63, 3.8) is 0 Å². The molecule has 0 aromatic carbocycles. The molecule has 6 N–H and O–H groups in total. The van der Waals surface area contributed by atoms with E-state index in [2.05, 4.69) is 19.1 Å². The number of carbonyl (C=O) groups excluding carboxylic acids is 2. The SMILES string of the molecule is C=O.C=O.CCCCCCCCCCCCCCCCC(CO)(CO)CO.OP(O)O.[C-]1=CC=CC1.[CH3-].[Mn+2]. The minimum atomic E-state index is -2.62. The van der Waals surface area contributed by atoms with Crippen molar-refractivity contribution in [2.75, 3.05) is 19.8 Å². The Kier molecular flexibility index (Phi) is 61.5. The zero-order valence-corrected chi connectivity index (χ0v) is 26.0. The predicted octanol–water partition coefficient (Wildman–Crippen LogP) is 5.39. The standard InChI is InChI=1S/C20H42O3.C5H5.2CH2O.CH3.Mn.H3O3P/c1-2-3-4-5-6-7-8-9-10-11-12-13-14-15-16-20(17-21,18-22)19-23;1-2-4-5-3-1;2*1-2;;;1-4(2)3/h21-23H,2-19H2,1H3;1-3H,4H2;2*1H2;1H3;;1-3H/q;-1;;;-1;+2;. The number of aliphatic hydroxyl groups excluding tert-OH is 3. The summed E-state index contributed by atoms with van der Waals surface area (Å²) in [6.07, 6.45) is 29.3. The Morgan fingerprint density at radius 1 is 0.711 bits per heavy atom. The van der Waals surface area contributed by atoms with Gasteiger partial charge in [-0.2, -0.15) is 6.08 Å². The van der Waals surface area contributed by atoms with Crippen LogP contribution in [-0.4, -0.2) is 63.4 Å². The van der Waals surface area contributed by atoms with E-state index in [9.17, 15) is 15.3 Å². The molecule has 0 spiro atoms. The molecule has 0 unspecified atom stereocenters. The second-order valence-electron chi connectivity index (χ2n) is 8.59. The quantitative estimate of drug-likeness (QED) is 0.0524. The molecule has 1 rings (SSSR count). The summed E-state index contributed by atoms with van der Waals surface area (Å²) in [6.45, 7) is 5.89. The first-order chi connectivity index (χ1) is 17.5. The van der Waals surface area contributed by atoms with E-state index in [0.29, 0.717) is 6.42 Å². The molecule has 0 bridgehead atoms. The summed E-state index contributed by atoms with van der Waals surface area (Å²) in [7, 11) is -2.62. The van der Waals surface area contributed by atoms with E-state index in [4.69, 9.17) is 24.3 Å². The first kappa shape index (κ1) is 50.4. The maximum Gasteiger partial charge on any atom is 2.00 e. The van der Waals surface area contributed by atoms with Crippen LogP contribution in [0.15, 0.2) is 18.2 Å². The summed E-state index contributed by atoms with van der Waals surface area (Å²) >= 11 is 0. The Balaban J connectivity index is -0.000000141. The van der Waals surface area contributed by atoms with Crippen molar-refractivity contribution in [3.05, 3.63) is 31.7 Å². The van der Waals surface area contributed by atoms with Crippen molar-refractivity contribution in [2.45, 2.75) is 110 Å². The molecular weight excluding hydrogens is 550 g/mol. The van der Waals surface area contributed by atoms with Crippen LogP contribution in [-0.2, 0) is 26.7 Å². The molecule has 0 saturated carbocycles. The van der Waals surface area contributed by atoms with Crippen molar-refractivity contribution >= 4 is 22.2 Å². The maximum absolute atomic E-state index is 9.26. The van der Waals surface area contributed by atoms with Crippen molar-refractivity contribution in [2.24, 2.45) is 5.41 Å². The van der Waals surface area contributed by atoms with Gasteiger partial charge in [-0.1, -0.05) is 96.8 Å². The van der Waals surface area contributed by atoms with Gasteiger partial charge in [-0.05, 0) is 6.42 Å². The molecule has 0 fully saturated rings. The Labute approximate surface area is 245 Å². The van der Waals surface area contributed by atoms with E-state index < -0.39 is 14.0 Å². The molecule has 0 atom stereocenters. The molecule has 8 nitrogen and oxygen atoms in total. The fourth-order valence-electron chi connectivity index (χ4n) is 3.42. The minimum Gasteiger partial charge on any atom is -0.396 e. The average molecular weight is 608 g/mol. The average Bonchev–Trinajstić information content (AvgIpc) is 3.50. The fourth-order valence-corrected chi connectivity index (χ4v) is 3.42. The van der Waals surface area contributed by atoms with Crippen molar-refractivity contribution < 1.29 is 56.7 Å². The van der Waals surface area contributed by atoms with Crippen LogP contribution >= 0.6 is 8.60 Å². The second-order valence-corrected chi connectivity index (χ2v) is 9.13. The Hall–Kier alpha value is -0.471. The molecule has 10 heteroatoms. The normalized spacial score (nSPS) is 10.7. The number of hydrogen-bond acceptors (Lipinski definition) is 8. The molecule has 1 aliphatic carbocycles. The van der Waals surface area contributed by atoms with Crippen LogP contribution in [0.4, 0.5) is 0 Å². The molecule has 229 valence electrons. The Morgan fingerprint density at radius 2 is 1.03 bits per heavy atom. The molecule has 0 saturated heterocycles. The molecule has 1 radical (unpaired) electrons. The number of carbonyl (C=O) groups is 2. The molecular formula is C28H57MnO8P. The molecule has 0 aromatic heterocycles. The van der Waals surface area contributed by atoms with E-state index in [1.807, 2.05) is 25.7 Å². The van der Waals surface area contributed by atoms with Gasteiger partial charge in [-0.3, -0.25) is 6.08 Å². The van der Waals surface area contributed by atoms with E-state index in [1.165, 1.54) is 77.0 Å².